The summed E-state index contributed by atoms with van der Waals surface area (Å²) in [4.78, 5) is 28.1. The zero-order valence-electron chi connectivity index (χ0n) is 14.6. The van der Waals surface area contributed by atoms with E-state index in [9.17, 15) is 18.4 Å². The molecule has 2 aromatic rings. The second-order valence-corrected chi connectivity index (χ2v) is 6.56. The van der Waals surface area contributed by atoms with E-state index in [0.717, 1.165) is 23.8 Å². The Morgan fingerprint density at radius 3 is 2.12 bits per heavy atom. The Hall–Kier alpha value is -3.09. The molecule has 26 heavy (non-hydrogen) atoms. The van der Waals surface area contributed by atoms with Crippen LogP contribution in [0.2, 0.25) is 0 Å². The largest absolute Gasteiger partial charge is 0.326 e. The number of imide groups is 1. The number of nitrogens with one attached hydrogen (secondary N) is 2. The molecule has 0 unspecified atom stereocenters. The average molecular weight is 359 g/mol. The highest BCUT2D eigenvalue weighted by Gasteiger charge is 2.19. The number of carbonyl (C=O) groups excluding carboxylic acids is 2. The maximum absolute atomic E-state index is 13.5. The molecule has 5 nitrogen and oxygen atoms in total. The van der Waals surface area contributed by atoms with Crippen LogP contribution in [-0.2, 0) is 0 Å². The van der Waals surface area contributed by atoms with E-state index in [1.807, 2.05) is 26.1 Å². The normalized spacial score (nSPS) is 11.4. The molecule has 136 valence electrons. The fraction of sp³-hybridized carbons (Fsp3) is 0.211. The third kappa shape index (κ3) is 5.47. The van der Waals surface area contributed by atoms with Crippen molar-refractivity contribution in [3.63, 3.8) is 0 Å². The van der Waals surface area contributed by atoms with Gasteiger partial charge in [-0.2, -0.15) is 0 Å². The van der Waals surface area contributed by atoms with Gasteiger partial charge < -0.3 is 5.32 Å². The lowest BCUT2D eigenvalue weighted by Gasteiger charge is -2.11. The van der Waals surface area contributed by atoms with Crippen molar-refractivity contribution in [2.24, 2.45) is 4.99 Å². The second-order valence-electron chi connectivity index (χ2n) is 6.56. The maximum atomic E-state index is 13.5. The molecule has 0 atom stereocenters. The highest BCUT2D eigenvalue weighted by Crippen LogP contribution is 2.13. The number of hydrogen-bond donors (Lipinski definition) is 2. The predicted octanol–water partition coefficient (Wildman–Crippen LogP) is 4.14. The first kappa shape index (κ1) is 19.2. The van der Waals surface area contributed by atoms with Gasteiger partial charge in [-0.25, -0.2) is 13.6 Å². The molecular weight excluding hydrogens is 340 g/mol. The van der Waals surface area contributed by atoms with Crippen LogP contribution in [0.15, 0.2) is 47.5 Å². The minimum Gasteiger partial charge on any atom is -0.308 e. The maximum Gasteiger partial charge on any atom is 0.326 e. The Bertz CT molecular complexity index is 821. The minimum atomic E-state index is -1.16. The van der Waals surface area contributed by atoms with Crippen molar-refractivity contribution >= 4 is 23.8 Å². The molecule has 0 aliphatic carbocycles. The van der Waals surface area contributed by atoms with Gasteiger partial charge >= 0.3 is 6.03 Å². The first-order chi connectivity index (χ1) is 12.2. The molecule has 2 aromatic carbocycles. The molecule has 0 fully saturated rings. The Morgan fingerprint density at radius 2 is 1.58 bits per heavy atom. The van der Waals surface area contributed by atoms with Gasteiger partial charge in [0.15, 0.2) is 0 Å². The van der Waals surface area contributed by atoms with Crippen LogP contribution in [0.1, 0.15) is 36.7 Å². The lowest BCUT2D eigenvalue weighted by Crippen LogP contribution is -2.35. The van der Waals surface area contributed by atoms with Crippen LogP contribution in [-0.4, -0.2) is 23.7 Å². The third-order valence-electron chi connectivity index (χ3n) is 3.19. The number of carbonyl (C=O) groups is 2. The molecular formula is C19H19F2N3O2. The molecule has 0 saturated heterocycles. The molecule has 2 rings (SSSR count). The molecule has 0 aromatic heterocycles. The van der Waals surface area contributed by atoms with Crippen molar-refractivity contribution in [3.05, 3.63) is 65.2 Å². The summed E-state index contributed by atoms with van der Waals surface area (Å²) < 4.78 is 27.1. The number of amides is 3. The smallest absolute Gasteiger partial charge is 0.308 e. The Labute approximate surface area is 150 Å². The van der Waals surface area contributed by atoms with E-state index in [0.29, 0.717) is 5.69 Å². The minimum absolute atomic E-state index is 0.195. The van der Waals surface area contributed by atoms with Crippen molar-refractivity contribution in [2.75, 3.05) is 5.32 Å². The van der Waals surface area contributed by atoms with E-state index >= 15 is 0 Å². The van der Waals surface area contributed by atoms with Gasteiger partial charge in [0, 0.05) is 11.9 Å². The number of aliphatic imine (C=N–C) groups is 1. The first-order valence-electron chi connectivity index (χ1n) is 7.87. The molecule has 0 aliphatic rings. The fourth-order valence-corrected chi connectivity index (χ4v) is 1.96. The monoisotopic (exact) mass is 359 g/mol. The van der Waals surface area contributed by atoms with Crippen LogP contribution in [0.4, 0.5) is 19.3 Å². The molecule has 2 N–H and O–H groups in total. The van der Waals surface area contributed by atoms with Gasteiger partial charge in [0.2, 0.25) is 0 Å². The molecule has 0 bridgehead atoms. The van der Waals surface area contributed by atoms with Crippen LogP contribution in [0, 0.1) is 11.6 Å². The quantitative estimate of drug-likeness (QED) is 0.809. The Morgan fingerprint density at radius 1 is 1.00 bits per heavy atom. The molecule has 0 spiro atoms. The van der Waals surface area contributed by atoms with Gasteiger partial charge in [-0.05, 0) is 50.6 Å². The zero-order valence-corrected chi connectivity index (χ0v) is 14.6. The van der Waals surface area contributed by atoms with Crippen LogP contribution in [0.3, 0.4) is 0 Å². The molecule has 7 heteroatoms. The van der Waals surface area contributed by atoms with Crippen molar-refractivity contribution in [2.45, 2.75) is 26.3 Å². The summed E-state index contributed by atoms with van der Waals surface area (Å²) >= 11 is 0. The number of benzene rings is 2. The first-order valence-corrected chi connectivity index (χ1v) is 7.87. The summed E-state index contributed by atoms with van der Waals surface area (Å²) in [6.07, 6.45) is 1.72. The van der Waals surface area contributed by atoms with E-state index in [4.69, 9.17) is 0 Å². The van der Waals surface area contributed by atoms with E-state index in [1.54, 1.807) is 30.5 Å². The van der Waals surface area contributed by atoms with Gasteiger partial charge in [0.1, 0.15) is 17.2 Å². The third-order valence-corrected chi connectivity index (χ3v) is 3.19. The van der Waals surface area contributed by atoms with E-state index in [2.05, 4.69) is 10.3 Å². The summed E-state index contributed by atoms with van der Waals surface area (Å²) in [7, 11) is 0. The Balaban J connectivity index is 2.00. The van der Waals surface area contributed by atoms with E-state index < -0.39 is 29.1 Å². The summed E-state index contributed by atoms with van der Waals surface area (Å²) in [5.41, 5.74) is 0.253. The summed E-state index contributed by atoms with van der Waals surface area (Å²) in [5.74, 6) is -3.25. The number of rotatable bonds is 3. The van der Waals surface area contributed by atoms with E-state index in [1.165, 1.54) is 0 Å². The van der Waals surface area contributed by atoms with Crippen molar-refractivity contribution in [3.8, 4) is 0 Å². The lowest BCUT2D eigenvalue weighted by molar-refractivity contribution is 0.0959. The molecule has 0 aliphatic heterocycles. The van der Waals surface area contributed by atoms with Gasteiger partial charge in [-0.3, -0.25) is 15.1 Å². The number of nitrogens with zero attached hydrogens (tertiary/aromatic N) is 1. The van der Waals surface area contributed by atoms with Crippen LogP contribution >= 0.6 is 0 Å². The van der Waals surface area contributed by atoms with Gasteiger partial charge in [0.05, 0.1) is 5.54 Å². The SMILES string of the molecule is CC(C)(C)N=Cc1ccc(NC(=O)NC(=O)c2c(F)cccc2F)cc1. The lowest BCUT2D eigenvalue weighted by atomic mass is 10.1. The second kappa shape index (κ2) is 7.86. The van der Waals surface area contributed by atoms with E-state index in [-0.39, 0.29) is 5.54 Å². The standard InChI is InChI=1S/C19H19F2N3O2/c1-19(2,3)22-11-12-7-9-13(10-8-12)23-18(26)24-17(25)16-14(20)5-4-6-15(16)21/h4-11H,1-3H3,(H2,23,24,25,26). The highest BCUT2D eigenvalue weighted by molar-refractivity contribution is 6.08. The zero-order chi connectivity index (χ0) is 19.3. The number of halogens is 2. The highest BCUT2D eigenvalue weighted by atomic mass is 19.1. The molecule has 3 amide bonds. The fourth-order valence-electron chi connectivity index (χ4n) is 1.96. The van der Waals surface area contributed by atoms with Crippen molar-refractivity contribution in [1.82, 2.24) is 5.32 Å². The van der Waals surface area contributed by atoms with Crippen LogP contribution in [0.5, 0.6) is 0 Å². The summed E-state index contributed by atoms with van der Waals surface area (Å²) in [6.45, 7) is 5.91. The van der Waals surface area contributed by atoms with Gasteiger partial charge in [0.25, 0.3) is 5.91 Å². The number of hydrogen-bond acceptors (Lipinski definition) is 3. The summed E-state index contributed by atoms with van der Waals surface area (Å²) in [5, 5.41) is 4.31. The van der Waals surface area contributed by atoms with Crippen LogP contribution < -0.4 is 10.6 Å². The van der Waals surface area contributed by atoms with Gasteiger partial charge in [-0.15, -0.1) is 0 Å². The topological polar surface area (TPSA) is 70.6 Å². The van der Waals surface area contributed by atoms with Crippen molar-refractivity contribution in [1.29, 1.82) is 0 Å². The molecule has 0 radical (unpaired) electrons. The number of anilines is 1. The van der Waals surface area contributed by atoms with Crippen molar-refractivity contribution < 1.29 is 18.4 Å². The molecule has 0 heterocycles. The Kier molecular flexibility index (Phi) is 5.82. The van der Waals surface area contributed by atoms with Gasteiger partial charge in [-0.1, -0.05) is 18.2 Å². The van der Waals surface area contributed by atoms with Crippen LogP contribution in [0.25, 0.3) is 0 Å². The predicted molar refractivity (Wildman–Crippen MR) is 96.6 cm³/mol. The molecule has 0 saturated carbocycles. The number of urea groups is 1. The summed E-state index contributed by atoms with van der Waals surface area (Å²) in [6, 6.07) is 8.84. The average Bonchev–Trinajstić information content (AvgIpc) is 2.53.